The second-order valence-corrected chi connectivity index (χ2v) is 9.43. The van der Waals surface area contributed by atoms with Crippen LogP contribution < -0.4 is 14.9 Å². The highest BCUT2D eigenvalue weighted by molar-refractivity contribution is 6.37. The summed E-state index contributed by atoms with van der Waals surface area (Å²) in [6.45, 7) is 5.61. The van der Waals surface area contributed by atoms with Crippen LogP contribution in [-0.2, 0) is 11.4 Å². The number of rotatable bonds is 10. The van der Waals surface area contributed by atoms with Crippen molar-refractivity contribution in [3.63, 3.8) is 0 Å². The number of ether oxygens (including phenoxy) is 2. The number of amides is 1. The number of hydrogen-bond acceptors (Lipinski definition) is 6. The fourth-order valence-corrected chi connectivity index (χ4v) is 4.31. The number of carbonyl (C=O) groups excluding carboxylic acids is 1. The molecule has 2 N–H and O–H groups in total. The van der Waals surface area contributed by atoms with Crippen molar-refractivity contribution in [1.29, 1.82) is 0 Å². The third-order valence-corrected chi connectivity index (χ3v) is 6.24. The number of halogens is 2. The highest BCUT2D eigenvalue weighted by atomic mass is 35.5. The SMILES string of the molecule is Cc1ccc(C)n1-c1ccc(OCc2ccc(C(=O)N/N=C/c3cc(Cl)c(O[C@H](C)C(=O)O)c(Cl)c3)o2)cc1. The molecule has 0 unspecified atom stereocenters. The summed E-state index contributed by atoms with van der Waals surface area (Å²) in [6.07, 6.45) is 0.194. The van der Waals surface area contributed by atoms with Gasteiger partial charge in [-0.25, -0.2) is 10.2 Å². The van der Waals surface area contributed by atoms with Crippen molar-refractivity contribution < 1.29 is 28.6 Å². The van der Waals surface area contributed by atoms with E-state index in [9.17, 15) is 9.59 Å². The van der Waals surface area contributed by atoms with E-state index in [0.717, 1.165) is 17.1 Å². The van der Waals surface area contributed by atoms with E-state index in [1.54, 1.807) is 6.07 Å². The van der Waals surface area contributed by atoms with Gasteiger partial charge >= 0.3 is 11.9 Å². The number of nitrogens with one attached hydrogen (secondary N) is 1. The number of aryl methyl sites for hydroxylation is 2. The summed E-state index contributed by atoms with van der Waals surface area (Å²) in [6, 6.07) is 18.0. The number of benzene rings is 2. The zero-order valence-corrected chi connectivity index (χ0v) is 22.8. The van der Waals surface area contributed by atoms with Crippen LogP contribution in [0.3, 0.4) is 0 Å². The molecular formula is C28H25Cl2N3O6. The Morgan fingerprint density at radius 3 is 2.31 bits per heavy atom. The van der Waals surface area contributed by atoms with E-state index in [1.807, 2.05) is 24.3 Å². The van der Waals surface area contributed by atoms with E-state index in [1.165, 1.54) is 31.3 Å². The molecule has 1 amide bonds. The molecule has 4 aromatic rings. The molecule has 4 rings (SSSR count). The Labute approximate surface area is 234 Å². The summed E-state index contributed by atoms with van der Waals surface area (Å²) < 4.78 is 18.8. The minimum atomic E-state index is -1.16. The molecule has 202 valence electrons. The number of carboxylic acid groups (broad SMARTS) is 1. The maximum atomic E-state index is 12.4. The molecule has 9 nitrogen and oxygen atoms in total. The highest BCUT2D eigenvalue weighted by Gasteiger charge is 2.18. The minimum Gasteiger partial charge on any atom is -0.486 e. The summed E-state index contributed by atoms with van der Waals surface area (Å²) in [5.74, 6) is -0.486. The van der Waals surface area contributed by atoms with E-state index in [0.29, 0.717) is 17.1 Å². The normalized spacial score (nSPS) is 11.9. The van der Waals surface area contributed by atoms with Gasteiger partial charge in [0.1, 0.15) is 18.1 Å². The van der Waals surface area contributed by atoms with Gasteiger partial charge < -0.3 is 23.6 Å². The third kappa shape index (κ3) is 6.81. The lowest BCUT2D eigenvalue weighted by atomic mass is 10.2. The zero-order valence-electron chi connectivity index (χ0n) is 21.3. The van der Waals surface area contributed by atoms with Gasteiger partial charge in [0.25, 0.3) is 0 Å². The number of nitrogens with zero attached hydrogens (tertiary/aromatic N) is 2. The second-order valence-electron chi connectivity index (χ2n) is 8.61. The van der Waals surface area contributed by atoms with Gasteiger partial charge in [-0.1, -0.05) is 23.2 Å². The van der Waals surface area contributed by atoms with E-state index in [4.69, 9.17) is 42.2 Å². The fraction of sp³-hybridized carbons (Fsp3) is 0.179. The zero-order chi connectivity index (χ0) is 28.1. The first kappa shape index (κ1) is 27.8. The molecule has 39 heavy (non-hydrogen) atoms. The van der Waals surface area contributed by atoms with Crippen LogP contribution in [0.2, 0.25) is 10.0 Å². The predicted octanol–water partition coefficient (Wildman–Crippen LogP) is 6.19. The highest BCUT2D eigenvalue weighted by Crippen LogP contribution is 2.34. The number of aliphatic carboxylic acids is 1. The Kier molecular flexibility index (Phi) is 8.63. The van der Waals surface area contributed by atoms with Crippen LogP contribution in [0.1, 0.15) is 40.2 Å². The van der Waals surface area contributed by atoms with Gasteiger partial charge in [0, 0.05) is 17.1 Å². The summed E-state index contributed by atoms with van der Waals surface area (Å²) in [5, 5.41) is 13.1. The van der Waals surface area contributed by atoms with Crippen molar-refractivity contribution in [3.8, 4) is 17.2 Å². The molecule has 0 aliphatic rings. The number of hydrazone groups is 1. The van der Waals surface area contributed by atoms with Crippen molar-refractivity contribution in [2.75, 3.05) is 0 Å². The van der Waals surface area contributed by atoms with Crippen LogP contribution in [-0.4, -0.2) is 33.9 Å². The van der Waals surface area contributed by atoms with Crippen molar-refractivity contribution in [3.05, 3.63) is 99.2 Å². The molecule has 11 heteroatoms. The van der Waals surface area contributed by atoms with Crippen molar-refractivity contribution >= 4 is 41.3 Å². The van der Waals surface area contributed by atoms with Crippen LogP contribution >= 0.6 is 23.2 Å². The summed E-state index contributed by atoms with van der Waals surface area (Å²) in [5.41, 5.74) is 6.16. The van der Waals surface area contributed by atoms with E-state index < -0.39 is 18.0 Å². The molecule has 2 heterocycles. The Morgan fingerprint density at radius 1 is 1.05 bits per heavy atom. The molecule has 0 radical (unpaired) electrons. The number of carbonyl (C=O) groups is 2. The summed E-state index contributed by atoms with van der Waals surface area (Å²) in [4.78, 5) is 23.4. The first-order valence-electron chi connectivity index (χ1n) is 11.8. The van der Waals surface area contributed by atoms with Gasteiger partial charge in [-0.05, 0) is 87.0 Å². The van der Waals surface area contributed by atoms with Crippen molar-refractivity contribution in [2.24, 2.45) is 5.10 Å². The minimum absolute atomic E-state index is 0.0433. The average molecular weight is 570 g/mol. The first-order valence-corrected chi connectivity index (χ1v) is 12.6. The lowest BCUT2D eigenvalue weighted by Gasteiger charge is -2.13. The molecule has 2 aromatic heterocycles. The average Bonchev–Trinajstić information content (AvgIpc) is 3.51. The summed E-state index contributed by atoms with van der Waals surface area (Å²) in [7, 11) is 0. The lowest BCUT2D eigenvalue weighted by Crippen LogP contribution is -2.23. The molecule has 0 aliphatic carbocycles. The van der Waals surface area contributed by atoms with Gasteiger partial charge in [-0.2, -0.15) is 5.10 Å². The molecule has 0 aliphatic heterocycles. The molecule has 0 fully saturated rings. The Bertz CT molecular complexity index is 1480. The van der Waals surface area contributed by atoms with Gasteiger partial charge in [0.2, 0.25) is 0 Å². The number of carboxylic acids is 1. The lowest BCUT2D eigenvalue weighted by molar-refractivity contribution is -0.144. The number of furan rings is 1. The van der Waals surface area contributed by atoms with Crippen molar-refractivity contribution in [2.45, 2.75) is 33.5 Å². The van der Waals surface area contributed by atoms with Gasteiger partial charge in [0.15, 0.2) is 17.6 Å². The molecule has 0 spiro atoms. The van der Waals surface area contributed by atoms with Gasteiger partial charge in [-0.3, -0.25) is 4.79 Å². The topological polar surface area (TPSA) is 115 Å². The molecular weight excluding hydrogens is 545 g/mol. The smallest absolute Gasteiger partial charge is 0.344 e. The Hall–Kier alpha value is -4.21. The molecule has 0 saturated heterocycles. The first-order chi connectivity index (χ1) is 18.6. The standard InChI is InChI=1S/C28H25Cl2N3O6/c1-16-4-5-17(2)33(16)20-6-8-21(9-7-20)37-15-22-10-11-25(39-22)27(34)32-31-14-19-12-23(29)26(24(30)13-19)38-18(3)28(35)36/h4-14,18H,15H2,1-3H3,(H,32,34)(H,35,36)/b31-14+/t18-/m1/s1. The molecule has 2 aromatic carbocycles. The van der Waals surface area contributed by atoms with Crippen LogP contribution in [0.5, 0.6) is 11.5 Å². The van der Waals surface area contributed by atoms with E-state index in [2.05, 4.69) is 41.1 Å². The van der Waals surface area contributed by atoms with Gasteiger partial charge in [0.05, 0.1) is 16.3 Å². The van der Waals surface area contributed by atoms with Crippen LogP contribution in [0.25, 0.3) is 5.69 Å². The second kappa shape index (κ2) is 12.1. The Morgan fingerprint density at radius 2 is 1.69 bits per heavy atom. The largest absolute Gasteiger partial charge is 0.486 e. The van der Waals surface area contributed by atoms with Crippen LogP contribution in [0.4, 0.5) is 0 Å². The summed E-state index contributed by atoms with van der Waals surface area (Å²) >= 11 is 12.3. The predicted molar refractivity (Wildman–Crippen MR) is 148 cm³/mol. The van der Waals surface area contributed by atoms with Crippen molar-refractivity contribution in [1.82, 2.24) is 9.99 Å². The van der Waals surface area contributed by atoms with E-state index >= 15 is 0 Å². The third-order valence-electron chi connectivity index (χ3n) is 5.68. The quantitative estimate of drug-likeness (QED) is 0.174. The monoisotopic (exact) mass is 569 g/mol. The maximum absolute atomic E-state index is 12.4. The molecule has 1 atom stereocenters. The van der Waals surface area contributed by atoms with Crippen LogP contribution in [0, 0.1) is 13.8 Å². The van der Waals surface area contributed by atoms with E-state index in [-0.39, 0.29) is 28.2 Å². The Balaban J connectivity index is 1.31. The number of aromatic nitrogens is 1. The number of hydrogen-bond donors (Lipinski definition) is 2. The fourth-order valence-electron chi connectivity index (χ4n) is 3.71. The van der Waals surface area contributed by atoms with Gasteiger partial charge in [-0.15, -0.1) is 0 Å². The maximum Gasteiger partial charge on any atom is 0.344 e. The van der Waals surface area contributed by atoms with Crippen LogP contribution in [0.15, 0.2) is 70.2 Å². The molecule has 0 saturated carbocycles. The molecule has 0 bridgehead atoms.